The third-order valence-corrected chi connectivity index (χ3v) is 5.85. The van der Waals surface area contributed by atoms with Gasteiger partial charge in [-0.3, -0.25) is 4.79 Å². The summed E-state index contributed by atoms with van der Waals surface area (Å²) in [5.74, 6) is 0.0606. The number of thioether (sulfide) groups is 1. The molecule has 4 nitrogen and oxygen atoms in total. The largest absolute Gasteiger partial charge is 0.325 e. The molecular weight excluding hydrogens is 354 g/mol. The minimum absolute atomic E-state index is 0.140. The molecule has 0 unspecified atom stereocenters. The standard InChI is InChI=1S/C19H18ClN3OS/c1-11-13-5-3-8-17(13)23-19(14(11)9-21)25-10-18(24)22-16-7-4-6-15(20)12(16)2/h4,6-7H,3,5,8,10H2,1-2H3,(H,22,24). The van der Waals surface area contributed by atoms with Gasteiger partial charge in [0.1, 0.15) is 11.1 Å². The molecule has 0 atom stereocenters. The maximum Gasteiger partial charge on any atom is 0.234 e. The van der Waals surface area contributed by atoms with Gasteiger partial charge in [0, 0.05) is 16.4 Å². The second-order valence-electron chi connectivity index (χ2n) is 6.06. The van der Waals surface area contributed by atoms with Crippen LogP contribution < -0.4 is 5.32 Å². The van der Waals surface area contributed by atoms with E-state index in [1.54, 1.807) is 12.1 Å². The van der Waals surface area contributed by atoms with Crippen LogP contribution in [0.5, 0.6) is 0 Å². The third kappa shape index (κ3) is 3.65. The van der Waals surface area contributed by atoms with Crippen LogP contribution in [0.15, 0.2) is 23.2 Å². The average Bonchev–Trinajstić information content (AvgIpc) is 3.06. The fourth-order valence-corrected chi connectivity index (χ4v) is 4.08. The van der Waals surface area contributed by atoms with Crippen LogP contribution in [0.4, 0.5) is 5.69 Å². The number of carbonyl (C=O) groups excluding carboxylic acids is 1. The van der Waals surface area contributed by atoms with Crippen LogP contribution in [0.25, 0.3) is 0 Å². The number of aromatic nitrogens is 1. The summed E-state index contributed by atoms with van der Waals surface area (Å²) in [6.45, 7) is 3.84. The SMILES string of the molecule is Cc1c(Cl)cccc1NC(=O)CSc1nc2c(c(C)c1C#N)CCC2. The van der Waals surface area contributed by atoms with E-state index in [-0.39, 0.29) is 11.7 Å². The molecule has 0 saturated carbocycles. The van der Waals surface area contributed by atoms with Gasteiger partial charge in [0.25, 0.3) is 0 Å². The van der Waals surface area contributed by atoms with Crippen molar-refractivity contribution >= 4 is 35.0 Å². The van der Waals surface area contributed by atoms with Crippen LogP contribution in [-0.2, 0) is 17.6 Å². The first-order chi connectivity index (χ1) is 12.0. The number of nitrogens with one attached hydrogen (secondary N) is 1. The summed E-state index contributed by atoms with van der Waals surface area (Å²) < 4.78 is 0. The molecule has 1 aromatic carbocycles. The van der Waals surface area contributed by atoms with Crippen molar-refractivity contribution in [3.63, 3.8) is 0 Å². The van der Waals surface area contributed by atoms with Gasteiger partial charge < -0.3 is 5.32 Å². The van der Waals surface area contributed by atoms with E-state index in [1.165, 1.54) is 17.3 Å². The fraction of sp³-hybridized carbons (Fsp3) is 0.316. The van der Waals surface area contributed by atoms with E-state index in [1.807, 2.05) is 19.9 Å². The summed E-state index contributed by atoms with van der Waals surface area (Å²) in [5.41, 5.74) is 5.43. The lowest BCUT2D eigenvalue weighted by atomic mass is 10.0. The fourth-order valence-electron chi connectivity index (χ4n) is 3.04. The summed E-state index contributed by atoms with van der Waals surface area (Å²) in [7, 11) is 0. The maximum atomic E-state index is 12.3. The molecular formula is C19H18ClN3OS. The highest BCUT2D eigenvalue weighted by atomic mass is 35.5. The Hall–Kier alpha value is -2.03. The van der Waals surface area contributed by atoms with E-state index >= 15 is 0 Å². The van der Waals surface area contributed by atoms with E-state index in [0.29, 0.717) is 21.3 Å². The molecule has 6 heteroatoms. The summed E-state index contributed by atoms with van der Waals surface area (Å²) >= 11 is 7.39. The van der Waals surface area contributed by atoms with E-state index in [4.69, 9.17) is 11.6 Å². The molecule has 3 rings (SSSR count). The quantitative estimate of drug-likeness (QED) is 0.806. The molecule has 1 aliphatic rings. The van der Waals surface area contributed by atoms with Crippen LogP contribution >= 0.6 is 23.4 Å². The molecule has 0 radical (unpaired) electrons. The molecule has 0 aliphatic heterocycles. The Morgan fingerprint density at radius 3 is 2.92 bits per heavy atom. The normalized spacial score (nSPS) is 12.6. The number of benzene rings is 1. The van der Waals surface area contributed by atoms with Crippen molar-refractivity contribution in [1.82, 2.24) is 4.98 Å². The summed E-state index contributed by atoms with van der Waals surface area (Å²) in [4.78, 5) is 16.9. The first-order valence-corrected chi connectivity index (χ1v) is 9.47. The number of anilines is 1. The summed E-state index contributed by atoms with van der Waals surface area (Å²) in [6, 6.07) is 7.67. The second kappa shape index (κ2) is 7.47. The van der Waals surface area contributed by atoms with Crippen molar-refractivity contribution in [2.24, 2.45) is 0 Å². The van der Waals surface area contributed by atoms with Crippen LogP contribution in [0.2, 0.25) is 5.02 Å². The average molecular weight is 372 g/mol. The number of rotatable bonds is 4. The van der Waals surface area contributed by atoms with Crippen LogP contribution in [0, 0.1) is 25.2 Å². The van der Waals surface area contributed by atoms with Gasteiger partial charge >= 0.3 is 0 Å². The number of halogens is 1. The number of nitrogens with zero attached hydrogens (tertiary/aromatic N) is 2. The molecule has 1 heterocycles. The molecule has 0 bridgehead atoms. The minimum Gasteiger partial charge on any atom is -0.325 e. The number of carbonyl (C=O) groups is 1. The Balaban J connectivity index is 1.74. The van der Waals surface area contributed by atoms with Crippen LogP contribution in [0.3, 0.4) is 0 Å². The van der Waals surface area contributed by atoms with Gasteiger partial charge in [-0.1, -0.05) is 29.4 Å². The van der Waals surface area contributed by atoms with Gasteiger partial charge in [0.05, 0.1) is 11.3 Å². The molecule has 25 heavy (non-hydrogen) atoms. The van der Waals surface area contributed by atoms with E-state index in [9.17, 15) is 10.1 Å². The number of hydrogen-bond acceptors (Lipinski definition) is 4. The van der Waals surface area contributed by atoms with Gasteiger partial charge in [0.15, 0.2) is 0 Å². The first-order valence-electron chi connectivity index (χ1n) is 8.11. The summed E-state index contributed by atoms with van der Waals surface area (Å²) in [5, 5.41) is 13.6. The molecule has 0 saturated heterocycles. The predicted octanol–water partition coefficient (Wildman–Crippen LogP) is 4.44. The highest BCUT2D eigenvalue weighted by molar-refractivity contribution is 8.00. The smallest absolute Gasteiger partial charge is 0.234 e. The Morgan fingerprint density at radius 1 is 1.36 bits per heavy atom. The molecule has 0 fully saturated rings. The molecule has 1 aromatic heterocycles. The van der Waals surface area contributed by atoms with E-state index in [0.717, 1.165) is 36.1 Å². The zero-order chi connectivity index (χ0) is 18.0. The Morgan fingerprint density at radius 2 is 2.16 bits per heavy atom. The van der Waals surface area contributed by atoms with Gasteiger partial charge in [-0.2, -0.15) is 5.26 Å². The molecule has 1 amide bonds. The van der Waals surface area contributed by atoms with Gasteiger partial charge in [-0.25, -0.2) is 4.98 Å². The zero-order valence-corrected chi connectivity index (χ0v) is 15.7. The van der Waals surface area contributed by atoms with Crippen LogP contribution in [-0.4, -0.2) is 16.6 Å². The highest BCUT2D eigenvalue weighted by Crippen LogP contribution is 2.32. The Labute approximate surface area is 156 Å². The highest BCUT2D eigenvalue weighted by Gasteiger charge is 2.21. The lowest BCUT2D eigenvalue weighted by Crippen LogP contribution is -2.15. The molecule has 128 valence electrons. The lowest BCUT2D eigenvalue weighted by Gasteiger charge is -2.12. The topological polar surface area (TPSA) is 65.8 Å². The maximum absolute atomic E-state index is 12.3. The Kier molecular flexibility index (Phi) is 5.31. The van der Waals surface area contributed by atoms with Crippen molar-refractivity contribution in [1.29, 1.82) is 5.26 Å². The van der Waals surface area contributed by atoms with Crippen LogP contribution in [0.1, 0.15) is 34.4 Å². The van der Waals surface area contributed by atoms with Gasteiger partial charge in [-0.05, 0) is 61.9 Å². The lowest BCUT2D eigenvalue weighted by molar-refractivity contribution is -0.113. The molecule has 2 aromatic rings. The molecule has 0 spiro atoms. The van der Waals surface area contributed by atoms with Gasteiger partial charge in [-0.15, -0.1) is 0 Å². The monoisotopic (exact) mass is 371 g/mol. The number of nitriles is 1. The second-order valence-corrected chi connectivity index (χ2v) is 7.43. The van der Waals surface area contributed by atoms with Crippen molar-refractivity contribution in [2.75, 3.05) is 11.1 Å². The number of amides is 1. The van der Waals surface area contributed by atoms with Crippen molar-refractivity contribution in [3.8, 4) is 6.07 Å². The third-order valence-electron chi connectivity index (χ3n) is 4.46. The zero-order valence-electron chi connectivity index (χ0n) is 14.1. The number of pyridine rings is 1. The van der Waals surface area contributed by atoms with Crippen molar-refractivity contribution < 1.29 is 4.79 Å². The van der Waals surface area contributed by atoms with E-state index in [2.05, 4.69) is 16.4 Å². The van der Waals surface area contributed by atoms with Gasteiger partial charge in [0.2, 0.25) is 5.91 Å². The Bertz CT molecular complexity index is 889. The van der Waals surface area contributed by atoms with E-state index < -0.39 is 0 Å². The molecule has 1 aliphatic carbocycles. The number of aryl methyl sites for hydroxylation is 1. The molecule has 1 N–H and O–H groups in total. The minimum atomic E-state index is -0.140. The number of fused-ring (bicyclic) bond motifs is 1. The predicted molar refractivity (Wildman–Crippen MR) is 101 cm³/mol. The first kappa shape index (κ1) is 17.8. The van der Waals surface area contributed by atoms with Crippen molar-refractivity contribution in [3.05, 3.63) is 51.2 Å². The summed E-state index contributed by atoms with van der Waals surface area (Å²) in [6.07, 6.45) is 3.02. The number of hydrogen-bond donors (Lipinski definition) is 1. The van der Waals surface area contributed by atoms with Crippen molar-refractivity contribution in [2.45, 2.75) is 38.1 Å².